The standard InChI is InChI=1S/C15H22ClNO4/c1-10(2)21-7-5-6-17-15(18)11-8-12(16)14(20-4)13(9-11)19-3/h8-10H,5-7H2,1-4H3,(H,17,18). The van der Waals surface area contributed by atoms with Crippen LogP contribution in [0.5, 0.6) is 11.5 Å². The second kappa shape index (κ2) is 8.74. The van der Waals surface area contributed by atoms with Crippen LogP contribution in [-0.2, 0) is 4.74 Å². The first-order valence-corrected chi connectivity index (χ1v) is 7.18. The zero-order valence-corrected chi connectivity index (χ0v) is 13.6. The van der Waals surface area contributed by atoms with Crippen LogP contribution in [0.3, 0.4) is 0 Å². The number of hydrogen-bond donors (Lipinski definition) is 1. The Morgan fingerprint density at radius 1 is 1.29 bits per heavy atom. The summed E-state index contributed by atoms with van der Waals surface area (Å²) in [6.45, 7) is 5.11. The highest BCUT2D eigenvalue weighted by atomic mass is 35.5. The summed E-state index contributed by atoms with van der Waals surface area (Å²) in [6.07, 6.45) is 0.954. The molecule has 0 aliphatic rings. The number of benzene rings is 1. The molecular weight excluding hydrogens is 294 g/mol. The molecule has 0 atom stereocenters. The SMILES string of the molecule is COc1cc(C(=O)NCCCOC(C)C)cc(Cl)c1OC. The molecule has 21 heavy (non-hydrogen) atoms. The molecular formula is C15H22ClNO4. The minimum Gasteiger partial charge on any atom is -0.493 e. The van der Waals surface area contributed by atoms with E-state index in [1.807, 2.05) is 13.8 Å². The maximum atomic E-state index is 12.1. The lowest BCUT2D eigenvalue weighted by Gasteiger charge is -2.12. The number of ether oxygens (including phenoxy) is 3. The molecule has 0 aliphatic carbocycles. The second-order valence-electron chi connectivity index (χ2n) is 4.72. The number of nitrogens with one attached hydrogen (secondary N) is 1. The van der Waals surface area contributed by atoms with E-state index in [0.29, 0.717) is 35.2 Å². The summed E-state index contributed by atoms with van der Waals surface area (Å²) < 4.78 is 15.7. The summed E-state index contributed by atoms with van der Waals surface area (Å²) in [4.78, 5) is 12.1. The predicted molar refractivity (Wildman–Crippen MR) is 82.6 cm³/mol. The lowest BCUT2D eigenvalue weighted by atomic mass is 10.2. The normalized spacial score (nSPS) is 10.6. The summed E-state index contributed by atoms with van der Waals surface area (Å²) in [5.74, 6) is 0.641. The first-order valence-electron chi connectivity index (χ1n) is 6.81. The minimum absolute atomic E-state index is 0.199. The Morgan fingerprint density at radius 2 is 2.00 bits per heavy atom. The van der Waals surface area contributed by atoms with Crippen molar-refractivity contribution in [3.05, 3.63) is 22.7 Å². The Morgan fingerprint density at radius 3 is 2.57 bits per heavy atom. The van der Waals surface area contributed by atoms with Gasteiger partial charge in [0.05, 0.1) is 25.3 Å². The van der Waals surface area contributed by atoms with E-state index in [1.165, 1.54) is 14.2 Å². The number of amides is 1. The molecule has 0 radical (unpaired) electrons. The lowest BCUT2D eigenvalue weighted by Crippen LogP contribution is -2.25. The van der Waals surface area contributed by atoms with Crippen molar-refractivity contribution < 1.29 is 19.0 Å². The van der Waals surface area contributed by atoms with Crippen LogP contribution in [0, 0.1) is 0 Å². The van der Waals surface area contributed by atoms with E-state index in [4.69, 9.17) is 25.8 Å². The van der Waals surface area contributed by atoms with Gasteiger partial charge in [0.2, 0.25) is 0 Å². The highest BCUT2D eigenvalue weighted by Gasteiger charge is 2.14. The van der Waals surface area contributed by atoms with Gasteiger partial charge in [-0.1, -0.05) is 11.6 Å². The summed E-state index contributed by atoms with van der Waals surface area (Å²) in [6, 6.07) is 3.16. The fraction of sp³-hybridized carbons (Fsp3) is 0.533. The van der Waals surface area contributed by atoms with E-state index >= 15 is 0 Å². The maximum absolute atomic E-state index is 12.1. The molecule has 0 fully saturated rings. The molecule has 1 N–H and O–H groups in total. The maximum Gasteiger partial charge on any atom is 0.251 e. The van der Waals surface area contributed by atoms with Gasteiger partial charge < -0.3 is 19.5 Å². The molecule has 0 aliphatic heterocycles. The van der Waals surface area contributed by atoms with Crippen molar-refractivity contribution in [2.45, 2.75) is 26.4 Å². The summed E-state index contributed by atoms with van der Waals surface area (Å²) >= 11 is 6.07. The molecule has 1 aromatic carbocycles. The largest absolute Gasteiger partial charge is 0.493 e. The van der Waals surface area contributed by atoms with Gasteiger partial charge in [-0.3, -0.25) is 4.79 Å². The van der Waals surface area contributed by atoms with Gasteiger partial charge in [0.25, 0.3) is 5.91 Å². The molecule has 118 valence electrons. The van der Waals surface area contributed by atoms with Crippen LogP contribution >= 0.6 is 11.6 Å². The van der Waals surface area contributed by atoms with Crippen molar-refractivity contribution >= 4 is 17.5 Å². The van der Waals surface area contributed by atoms with Crippen LogP contribution in [0.15, 0.2) is 12.1 Å². The Labute approximate surface area is 130 Å². The fourth-order valence-electron chi connectivity index (χ4n) is 1.74. The van der Waals surface area contributed by atoms with Gasteiger partial charge in [-0.2, -0.15) is 0 Å². The average molecular weight is 316 g/mol. The molecule has 0 aromatic heterocycles. The van der Waals surface area contributed by atoms with Gasteiger partial charge in [-0.15, -0.1) is 0 Å². The minimum atomic E-state index is -0.206. The predicted octanol–water partition coefficient (Wildman–Crippen LogP) is 2.90. The number of carbonyl (C=O) groups is 1. The molecule has 6 heteroatoms. The molecule has 0 unspecified atom stereocenters. The highest BCUT2D eigenvalue weighted by molar-refractivity contribution is 6.32. The average Bonchev–Trinajstić information content (AvgIpc) is 2.45. The topological polar surface area (TPSA) is 56.8 Å². The van der Waals surface area contributed by atoms with Crippen LogP contribution in [-0.4, -0.2) is 39.4 Å². The summed E-state index contributed by atoms with van der Waals surface area (Å²) in [5, 5.41) is 3.15. The zero-order valence-electron chi connectivity index (χ0n) is 12.9. The third kappa shape index (κ3) is 5.44. The van der Waals surface area contributed by atoms with Gasteiger partial charge >= 0.3 is 0 Å². The van der Waals surface area contributed by atoms with Crippen LogP contribution < -0.4 is 14.8 Å². The molecule has 0 heterocycles. The first kappa shape index (κ1) is 17.6. The zero-order chi connectivity index (χ0) is 15.8. The van der Waals surface area contributed by atoms with E-state index in [-0.39, 0.29) is 12.0 Å². The van der Waals surface area contributed by atoms with Crippen LogP contribution in [0.25, 0.3) is 0 Å². The Hall–Kier alpha value is -1.46. The van der Waals surface area contributed by atoms with E-state index in [1.54, 1.807) is 12.1 Å². The highest BCUT2D eigenvalue weighted by Crippen LogP contribution is 2.35. The number of methoxy groups -OCH3 is 2. The summed E-state index contributed by atoms with van der Waals surface area (Å²) in [5.41, 5.74) is 0.433. The van der Waals surface area contributed by atoms with Crippen molar-refractivity contribution in [2.75, 3.05) is 27.4 Å². The fourth-order valence-corrected chi connectivity index (χ4v) is 2.03. The summed E-state index contributed by atoms with van der Waals surface area (Å²) in [7, 11) is 3.00. The molecule has 5 nitrogen and oxygen atoms in total. The van der Waals surface area contributed by atoms with E-state index in [2.05, 4.69) is 5.32 Å². The van der Waals surface area contributed by atoms with Crippen molar-refractivity contribution in [3.63, 3.8) is 0 Å². The Balaban J connectivity index is 2.60. The molecule has 0 spiro atoms. The molecule has 0 saturated heterocycles. The van der Waals surface area contributed by atoms with E-state index < -0.39 is 0 Å². The third-order valence-corrected chi connectivity index (χ3v) is 3.03. The Bertz CT molecular complexity index is 477. The number of halogens is 1. The van der Waals surface area contributed by atoms with Crippen LogP contribution in [0.2, 0.25) is 5.02 Å². The van der Waals surface area contributed by atoms with Crippen LogP contribution in [0.4, 0.5) is 0 Å². The van der Waals surface area contributed by atoms with Crippen molar-refractivity contribution in [2.24, 2.45) is 0 Å². The quantitative estimate of drug-likeness (QED) is 0.749. The smallest absolute Gasteiger partial charge is 0.251 e. The first-order chi connectivity index (χ1) is 9.99. The third-order valence-electron chi connectivity index (χ3n) is 2.75. The molecule has 1 aromatic rings. The molecule has 1 amide bonds. The molecule has 0 bridgehead atoms. The van der Waals surface area contributed by atoms with Crippen LogP contribution in [0.1, 0.15) is 30.6 Å². The van der Waals surface area contributed by atoms with Crippen molar-refractivity contribution in [1.29, 1.82) is 0 Å². The molecule has 1 rings (SSSR count). The van der Waals surface area contributed by atoms with Crippen molar-refractivity contribution in [3.8, 4) is 11.5 Å². The van der Waals surface area contributed by atoms with E-state index in [9.17, 15) is 4.79 Å². The van der Waals surface area contributed by atoms with Gasteiger partial charge in [-0.05, 0) is 32.4 Å². The number of rotatable bonds is 8. The second-order valence-corrected chi connectivity index (χ2v) is 5.13. The lowest BCUT2D eigenvalue weighted by molar-refractivity contribution is 0.0757. The molecule has 0 saturated carbocycles. The Kier molecular flexibility index (Phi) is 7.32. The monoisotopic (exact) mass is 315 g/mol. The van der Waals surface area contributed by atoms with Gasteiger partial charge in [0.15, 0.2) is 11.5 Å². The van der Waals surface area contributed by atoms with E-state index in [0.717, 1.165) is 6.42 Å². The number of carbonyl (C=O) groups excluding carboxylic acids is 1. The van der Waals surface area contributed by atoms with Gasteiger partial charge in [-0.25, -0.2) is 0 Å². The van der Waals surface area contributed by atoms with Gasteiger partial charge in [0.1, 0.15) is 0 Å². The van der Waals surface area contributed by atoms with Crippen molar-refractivity contribution in [1.82, 2.24) is 5.32 Å². The number of hydrogen-bond acceptors (Lipinski definition) is 4. The van der Waals surface area contributed by atoms with Gasteiger partial charge in [0, 0.05) is 18.7 Å².